The number of ether oxygens (including phenoxy) is 1. The zero-order valence-electron chi connectivity index (χ0n) is 8.59. The number of pyridine rings is 1. The van der Waals surface area contributed by atoms with Crippen molar-refractivity contribution in [1.29, 1.82) is 0 Å². The van der Waals surface area contributed by atoms with Crippen molar-refractivity contribution in [1.82, 2.24) is 4.98 Å². The summed E-state index contributed by atoms with van der Waals surface area (Å²) < 4.78 is 4.53. The van der Waals surface area contributed by atoms with Crippen LogP contribution in [-0.4, -0.2) is 18.1 Å². The Kier molecular flexibility index (Phi) is 2.19. The van der Waals surface area contributed by atoms with E-state index in [0.29, 0.717) is 0 Å². The standard InChI is InChI=1S/C11H11NO3/c1-6-3-4-9-7(6)5-8(10(13)12-9)11(14)15-2/h3,5H,4H2,1-2H3,(H,12,13). The quantitative estimate of drug-likeness (QED) is 0.699. The van der Waals surface area contributed by atoms with Gasteiger partial charge in [-0.15, -0.1) is 0 Å². The molecule has 2 rings (SSSR count). The Morgan fingerprint density at radius 1 is 1.53 bits per heavy atom. The highest BCUT2D eigenvalue weighted by Gasteiger charge is 2.18. The molecule has 0 atom stereocenters. The number of rotatable bonds is 1. The summed E-state index contributed by atoms with van der Waals surface area (Å²) in [5, 5.41) is 0. The summed E-state index contributed by atoms with van der Waals surface area (Å²) in [6.45, 7) is 1.95. The summed E-state index contributed by atoms with van der Waals surface area (Å²) in [5.74, 6) is -0.598. The minimum atomic E-state index is -0.598. The Morgan fingerprint density at radius 2 is 2.27 bits per heavy atom. The Balaban J connectivity index is 2.60. The maximum absolute atomic E-state index is 11.5. The fraction of sp³-hybridized carbons (Fsp3) is 0.273. The highest BCUT2D eigenvalue weighted by molar-refractivity contribution is 5.90. The highest BCUT2D eigenvalue weighted by Crippen LogP contribution is 2.24. The molecule has 0 saturated carbocycles. The highest BCUT2D eigenvalue weighted by atomic mass is 16.5. The lowest BCUT2D eigenvalue weighted by molar-refractivity contribution is 0.0598. The number of fused-ring (bicyclic) bond motifs is 1. The molecular formula is C11H11NO3. The molecule has 15 heavy (non-hydrogen) atoms. The SMILES string of the molecule is COC(=O)c1cc2c([nH]c1=O)CC=C2C. The Hall–Kier alpha value is -1.84. The molecule has 4 heteroatoms. The van der Waals surface area contributed by atoms with Crippen LogP contribution in [0.2, 0.25) is 0 Å². The van der Waals surface area contributed by atoms with Gasteiger partial charge < -0.3 is 9.72 Å². The van der Waals surface area contributed by atoms with Crippen LogP contribution >= 0.6 is 0 Å². The van der Waals surface area contributed by atoms with Gasteiger partial charge >= 0.3 is 5.97 Å². The van der Waals surface area contributed by atoms with Crippen LogP contribution in [0, 0.1) is 0 Å². The average molecular weight is 205 g/mol. The molecule has 1 aromatic heterocycles. The second-order valence-electron chi connectivity index (χ2n) is 3.49. The number of aromatic amines is 1. The van der Waals surface area contributed by atoms with Crippen molar-refractivity contribution in [3.63, 3.8) is 0 Å². The molecule has 0 unspecified atom stereocenters. The van der Waals surface area contributed by atoms with Gasteiger partial charge in [-0.3, -0.25) is 4.79 Å². The van der Waals surface area contributed by atoms with Gasteiger partial charge in [0.15, 0.2) is 0 Å². The lowest BCUT2D eigenvalue weighted by atomic mass is 10.1. The minimum Gasteiger partial charge on any atom is -0.465 e. The van der Waals surface area contributed by atoms with Gasteiger partial charge in [0.2, 0.25) is 0 Å². The van der Waals surface area contributed by atoms with Crippen LogP contribution in [-0.2, 0) is 11.2 Å². The third-order valence-corrected chi connectivity index (χ3v) is 2.57. The number of nitrogens with one attached hydrogen (secondary N) is 1. The van der Waals surface area contributed by atoms with Crippen LogP contribution < -0.4 is 5.56 Å². The Morgan fingerprint density at radius 3 is 2.93 bits per heavy atom. The van der Waals surface area contributed by atoms with Crippen LogP contribution in [0.25, 0.3) is 5.57 Å². The van der Waals surface area contributed by atoms with Crippen molar-refractivity contribution in [3.05, 3.63) is 39.3 Å². The van der Waals surface area contributed by atoms with E-state index in [4.69, 9.17) is 0 Å². The second-order valence-corrected chi connectivity index (χ2v) is 3.49. The molecule has 1 heterocycles. The number of esters is 1. The van der Waals surface area contributed by atoms with Gasteiger partial charge in [0, 0.05) is 12.1 Å². The predicted octanol–water partition coefficient (Wildman–Crippen LogP) is 1.12. The third-order valence-electron chi connectivity index (χ3n) is 2.57. The molecule has 1 N–H and O–H groups in total. The molecule has 0 spiro atoms. The molecule has 4 nitrogen and oxygen atoms in total. The lowest BCUT2D eigenvalue weighted by Gasteiger charge is -2.04. The van der Waals surface area contributed by atoms with Gasteiger partial charge in [0.1, 0.15) is 5.56 Å². The molecule has 1 aliphatic carbocycles. The smallest absolute Gasteiger partial charge is 0.343 e. The van der Waals surface area contributed by atoms with Gasteiger partial charge in [-0.1, -0.05) is 6.08 Å². The van der Waals surface area contributed by atoms with E-state index in [1.807, 2.05) is 13.0 Å². The number of hydrogen-bond acceptors (Lipinski definition) is 3. The monoisotopic (exact) mass is 205 g/mol. The van der Waals surface area contributed by atoms with Crippen LogP contribution in [0.4, 0.5) is 0 Å². The molecular weight excluding hydrogens is 194 g/mol. The number of carbonyl (C=O) groups is 1. The normalized spacial score (nSPS) is 13.3. The van der Waals surface area contributed by atoms with Crippen LogP contribution in [0.5, 0.6) is 0 Å². The van der Waals surface area contributed by atoms with Gasteiger partial charge in [-0.05, 0) is 24.1 Å². The molecule has 78 valence electrons. The first-order chi connectivity index (χ1) is 7.13. The van der Waals surface area contributed by atoms with E-state index in [1.54, 1.807) is 6.07 Å². The molecule has 0 aliphatic heterocycles. The fourth-order valence-corrected chi connectivity index (χ4v) is 1.71. The van der Waals surface area contributed by atoms with Crippen molar-refractivity contribution >= 4 is 11.5 Å². The summed E-state index contributed by atoms with van der Waals surface area (Å²) >= 11 is 0. The topological polar surface area (TPSA) is 59.2 Å². The molecule has 1 aliphatic rings. The average Bonchev–Trinajstić information content (AvgIpc) is 2.58. The van der Waals surface area contributed by atoms with E-state index in [9.17, 15) is 9.59 Å². The number of hydrogen-bond donors (Lipinski definition) is 1. The zero-order chi connectivity index (χ0) is 11.0. The fourth-order valence-electron chi connectivity index (χ4n) is 1.71. The second kappa shape index (κ2) is 3.38. The first-order valence-electron chi connectivity index (χ1n) is 4.65. The number of carbonyl (C=O) groups excluding carboxylic acids is 1. The summed E-state index contributed by atoms with van der Waals surface area (Å²) in [5.41, 5.74) is 2.54. The van der Waals surface area contributed by atoms with Crippen LogP contribution in [0.1, 0.15) is 28.5 Å². The van der Waals surface area contributed by atoms with Crippen LogP contribution in [0.3, 0.4) is 0 Å². The van der Waals surface area contributed by atoms with Crippen molar-refractivity contribution in [2.45, 2.75) is 13.3 Å². The molecule has 0 amide bonds. The van der Waals surface area contributed by atoms with Gasteiger partial charge in [-0.25, -0.2) is 4.79 Å². The van der Waals surface area contributed by atoms with Crippen molar-refractivity contribution < 1.29 is 9.53 Å². The zero-order valence-corrected chi connectivity index (χ0v) is 8.59. The molecule has 0 radical (unpaired) electrons. The number of H-pyrrole nitrogens is 1. The first-order valence-corrected chi connectivity index (χ1v) is 4.65. The van der Waals surface area contributed by atoms with Crippen molar-refractivity contribution in [2.75, 3.05) is 7.11 Å². The van der Waals surface area contributed by atoms with E-state index in [-0.39, 0.29) is 11.1 Å². The largest absolute Gasteiger partial charge is 0.465 e. The van der Waals surface area contributed by atoms with Gasteiger partial charge in [0.25, 0.3) is 5.56 Å². The number of allylic oxidation sites excluding steroid dienone is 2. The summed E-state index contributed by atoms with van der Waals surface area (Å²) in [4.78, 5) is 25.5. The van der Waals surface area contributed by atoms with E-state index in [0.717, 1.165) is 23.3 Å². The van der Waals surface area contributed by atoms with Gasteiger partial charge in [-0.2, -0.15) is 0 Å². The van der Waals surface area contributed by atoms with E-state index < -0.39 is 5.97 Å². The van der Waals surface area contributed by atoms with E-state index in [1.165, 1.54) is 7.11 Å². The third kappa shape index (κ3) is 1.48. The minimum absolute atomic E-state index is 0.0610. The van der Waals surface area contributed by atoms with Crippen molar-refractivity contribution in [3.8, 4) is 0 Å². The number of methoxy groups -OCH3 is 1. The molecule has 0 saturated heterocycles. The lowest BCUT2D eigenvalue weighted by Crippen LogP contribution is -2.20. The Bertz CT molecular complexity index is 511. The number of aromatic nitrogens is 1. The summed E-state index contributed by atoms with van der Waals surface area (Å²) in [6, 6.07) is 1.60. The van der Waals surface area contributed by atoms with E-state index >= 15 is 0 Å². The summed E-state index contributed by atoms with van der Waals surface area (Å²) in [7, 11) is 1.26. The Labute approximate surface area is 86.6 Å². The van der Waals surface area contributed by atoms with Crippen molar-refractivity contribution in [2.24, 2.45) is 0 Å². The molecule has 1 aromatic rings. The van der Waals surface area contributed by atoms with E-state index in [2.05, 4.69) is 9.72 Å². The molecule has 0 bridgehead atoms. The summed E-state index contributed by atoms with van der Waals surface area (Å²) in [6.07, 6.45) is 2.74. The maximum atomic E-state index is 11.5. The predicted molar refractivity (Wildman–Crippen MR) is 55.8 cm³/mol. The molecule has 0 aromatic carbocycles. The molecule has 0 fully saturated rings. The first kappa shape index (κ1) is 9.71. The van der Waals surface area contributed by atoms with Gasteiger partial charge in [0.05, 0.1) is 7.11 Å². The van der Waals surface area contributed by atoms with Crippen LogP contribution in [0.15, 0.2) is 16.9 Å². The maximum Gasteiger partial charge on any atom is 0.343 e.